The van der Waals surface area contributed by atoms with Crippen LogP contribution < -0.4 is 0 Å². The van der Waals surface area contributed by atoms with Gasteiger partial charge in [0, 0.05) is 5.71 Å². The lowest BCUT2D eigenvalue weighted by Gasteiger charge is -2.36. The Hall–Kier alpha value is -1.31. The van der Waals surface area contributed by atoms with E-state index in [-0.39, 0.29) is 23.7 Å². The van der Waals surface area contributed by atoms with E-state index < -0.39 is 23.9 Å². The molecule has 0 bridgehead atoms. The largest absolute Gasteiger partial charge is 0.448 e. The molecule has 1 N–H and O–H groups in total. The molecule has 1 fully saturated rings. The zero-order valence-electron chi connectivity index (χ0n) is 11.1. The van der Waals surface area contributed by atoms with Gasteiger partial charge < -0.3 is 9.84 Å². The minimum Gasteiger partial charge on any atom is -0.448 e. The molecule has 114 valence electrons. The Morgan fingerprint density at radius 1 is 1.50 bits per heavy atom. The van der Waals surface area contributed by atoms with Crippen LogP contribution in [0.4, 0.5) is 18.0 Å². The van der Waals surface area contributed by atoms with Gasteiger partial charge in [0.05, 0.1) is 12.5 Å². The first-order valence-corrected chi connectivity index (χ1v) is 6.65. The van der Waals surface area contributed by atoms with Gasteiger partial charge in [-0.25, -0.2) is 4.79 Å². The van der Waals surface area contributed by atoms with E-state index in [2.05, 4.69) is 9.84 Å². The standard InChI is InChI=1S/C12H17F3N2O3/c1-2-20-10(18)17-11(19,12(13,14)15)8-6-4-3-5-7-9(8)16-17/h8,19H,2-7H2,1H3/t8-,11-/m0/s1. The fraction of sp³-hybridized carbons (Fsp3) is 0.833. The number of aliphatic hydroxyl groups is 1. The Kier molecular flexibility index (Phi) is 3.95. The first kappa shape index (κ1) is 15.1. The van der Waals surface area contributed by atoms with Crippen molar-refractivity contribution in [2.75, 3.05) is 6.61 Å². The van der Waals surface area contributed by atoms with Gasteiger partial charge in [-0.2, -0.15) is 23.3 Å². The van der Waals surface area contributed by atoms with E-state index in [4.69, 9.17) is 0 Å². The van der Waals surface area contributed by atoms with Crippen molar-refractivity contribution >= 4 is 11.8 Å². The Labute approximate surface area is 114 Å². The molecule has 0 aromatic rings. The van der Waals surface area contributed by atoms with E-state index in [1.165, 1.54) is 6.92 Å². The van der Waals surface area contributed by atoms with Crippen molar-refractivity contribution in [1.29, 1.82) is 0 Å². The molecule has 5 nitrogen and oxygen atoms in total. The van der Waals surface area contributed by atoms with Crippen LogP contribution >= 0.6 is 0 Å². The van der Waals surface area contributed by atoms with Gasteiger partial charge >= 0.3 is 12.3 Å². The number of alkyl halides is 3. The highest BCUT2D eigenvalue weighted by Crippen LogP contribution is 2.47. The minimum atomic E-state index is -4.99. The molecule has 20 heavy (non-hydrogen) atoms. The lowest BCUT2D eigenvalue weighted by atomic mass is 9.87. The third kappa shape index (κ3) is 2.25. The summed E-state index contributed by atoms with van der Waals surface area (Å²) in [4.78, 5) is 11.7. The molecular formula is C12H17F3N2O3. The number of ether oxygens (including phenoxy) is 1. The minimum absolute atomic E-state index is 0.0713. The van der Waals surface area contributed by atoms with Crippen LogP contribution in [0.15, 0.2) is 5.10 Å². The smallest absolute Gasteiger partial charge is 0.439 e. The molecule has 0 radical (unpaired) electrons. The average Bonchev–Trinajstić information content (AvgIpc) is 2.51. The number of carbonyl (C=O) groups excluding carboxylic acids is 1. The first-order valence-electron chi connectivity index (χ1n) is 6.65. The van der Waals surface area contributed by atoms with Gasteiger partial charge in [0.2, 0.25) is 0 Å². The zero-order valence-corrected chi connectivity index (χ0v) is 11.1. The molecule has 1 amide bonds. The molecular weight excluding hydrogens is 277 g/mol. The third-order valence-electron chi connectivity index (χ3n) is 3.72. The lowest BCUT2D eigenvalue weighted by Crippen LogP contribution is -2.61. The Bertz CT molecular complexity index is 425. The second kappa shape index (κ2) is 5.23. The van der Waals surface area contributed by atoms with Crippen molar-refractivity contribution in [3.05, 3.63) is 0 Å². The van der Waals surface area contributed by atoms with Gasteiger partial charge in [0.1, 0.15) is 0 Å². The first-order chi connectivity index (χ1) is 9.32. The molecule has 1 aliphatic heterocycles. The second-order valence-corrected chi connectivity index (χ2v) is 4.98. The highest BCUT2D eigenvalue weighted by Gasteiger charge is 2.68. The van der Waals surface area contributed by atoms with E-state index in [0.29, 0.717) is 19.3 Å². The third-order valence-corrected chi connectivity index (χ3v) is 3.72. The Morgan fingerprint density at radius 2 is 2.20 bits per heavy atom. The second-order valence-electron chi connectivity index (χ2n) is 4.98. The maximum absolute atomic E-state index is 13.3. The SMILES string of the molecule is CCOC(=O)N1N=C2CCCCC[C@@H]2[C@]1(O)C(F)(F)F. The highest BCUT2D eigenvalue weighted by molar-refractivity contribution is 5.91. The number of fused-ring (bicyclic) bond motifs is 1. The van der Waals surface area contributed by atoms with Gasteiger partial charge in [0.15, 0.2) is 0 Å². The quantitative estimate of drug-likeness (QED) is 0.808. The monoisotopic (exact) mass is 294 g/mol. The van der Waals surface area contributed by atoms with Crippen molar-refractivity contribution in [3.8, 4) is 0 Å². The number of rotatable bonds is 1. The number of hydrogen-bond acceptors (Lipinski definition) is 4. The fourth-order valence-corrected chi connectivity index (χ4v) is 2.76. The van der Waals surface area contributed by atoms with Crippen LogP contribution in [0.1, 0.15) is 39.0 Å². The Balaban J connectivity index is 2.40. The number of amides is 1. The number of hydrogen-bond donors (Lipinski definition) is 1. The van der Waals surface area contributed by atoms with Crippen LogP contribution in [0.5, 0.6) is 0 Å². The molecule has 0 saturated heterocycles. The molecule has 8 heteroatoms. The van der Waals surface area contributed by atoms with E-state index in [1.54, 1.807) is 0 Å². The molecule has 0 aromatic heterocycles. The molecule has 2 atom stereocenters. The number of nitrogens with zero attached hydrogens (tertiary/aromatic N) is 2. The highest BCUT2D eigenvalue weighted by atomic mass is 19.4. The lowest BCUT2D eigenvalue weighted by molar-refractivity contribution is -0.314. The van der Waals surface area contributed by atoms with E-state index in [1.807, 2.05) is 0 Å². The molecule has 1 saturated carbocycles. The fourth-order valence-electron chi connectivity index (χ4n) is 2.76. The van der Waals surface area contributed by atoms with Crippen molar-refractivity contribution in [2.45, 2.75) is 50.9 Å². The van der Waals surface area contributed by atoms with Gasteiger partial charge in [-0.3, -0.25) is 0 Å². The topological polar surface area (TPSA) is 62.1 Å². The summed E-state index contributed by atoms with van der Waals surface area (Å²) in [5.41, 5.74) is -3.06. The normalized spacial score (nSPS) is 30.6. The van der Waals surface area contributed by atoms with E-state index >= 15 is 0 Å². The van der Waals surface area contributed by atoms with Crippen molar-refractivity contribution in [3.63, 3.8) is 0 Å². The predicted molar refractivity (Wildman–Crippen MR) is 63.9 cm³/mol. The summed E-state index contributed by atoms with van der Waals surface area (Å²) in [6, 6.07) is 0. The predicted octanol–water partition coefficient (Wildman–Crippen LogP) is 2.65. The summed E-state index contributed by atoms with van der Waals surface area (Å²) in [7, 11) is 0. The van der Waals surface area contributed by atoms with Crippen LogP contribution in [0, 0.1) is 5.92 Å². The van der Waals surface area contributed by atoms with E-state index in [9.17, 15) is 23.1 Å². The summed E-state index contributed by atoms with van der Waals surface area (Å²) in [6.07, 6.45) is -3.67. The molecule has 2 aliphatic rings. The molecule has 1 aliphatic carbocycles. The molecule has 1 heterocycles. The van der Waals surface area contributed by atoms with Crippen LogP contribution in [0.3, 0.4) is 0 Å². The van der Waals surface area contributed by atoms with E-state index in [0.717, 1.165) is 6.42 Å². The van der Waals surface area contributed by atoms with Crippen LogP contribution in [0.2, 0.25) is 0 Å². The van der Waals surface area contributed by atoms with Crippen LogP contribution in [0.25, 0.3) is 0 Å². The molecule has 2 rings (SSSR count). The zero-order chi connectivity index (χ0) is 15.0. The summed E-state index contributed by atoms with van der Waals surface area (Å²) in [5, 5.41) is 14.0. The number of halogens is 3. The number of carbonyl (C=O) groups is 1. The van der Waals surface area contributed by atoms with Gasteiger partial charge in [-0.15, -0.1) is 0 Å². The molecule has 0 unspecified atom stereocenters. The van der Waals surface area contributed by atoms with Crippen molar-refractivity contribution < 1.29 is 27.8 Å². The van der Waals surface area contributed by atoms with Crippen molar-refractivity contribution in [1.82, 2.24) is 5.01 Å². The maximum Gasteiger partial charge on any atom is 0.439 e. The maximum atomic E-state index is 13.3. The molecule has 0 spiro atoms. The summed E-state index contributed by atoms with van der Waals surface area (Å²) in [6.45, 7) is 1.39. The van der Waals surface area contributed by atoms with Gasteiger partial charge in [0.25, 0.3) is 5.72 Å². The van der Waals surface area contributed by atoms with Gasteiger partial charge in [-0.1, -0.05) is 12.8 Å². The average molecular weight is 294 g/mol. The summed E-state index contributed by atoms with van der Waals surface area (Å²) in [5.74, 6) is -1.20. The van der Waals surface area contributed by atoms with Crippen LogP contribution in [-0.2, 0) is 4.74 Å². The van der Waals surface area contributed by atoms with Gasteiger partial charge in [-0.05, 0) is 26.2 Å². The molecule has 0 aromatic carbocycles. The number of hydrazone groups is 1. The Morgan fingerprint density at radius 3 is 2.80 bits per heavy atom. The van der Waals surface area contributed by atoms with Crippen molar-refractivity contribution in [2.24, 2.45) is 11.0 Å². The van der Waals surface area contributed by atoms with Crippen LogP contribution in [-0.4, -0.2) is 40.4 Å². The summed E-state index contributed by atoms with van der Waals surface area (Å²) < 4.78 is 44.6. The summed E-state index contributed by atoms with van der Waals surface area (Å²) >= 11 is 0.